The molecule has 1 aliphatic heterocycles. The quantitative estimate of drug-likeness (QED) is 0.577. The first-order valence-corrected chi connectivity index (χ1v) is 9.32. The van der Waals surface area contributed by atoms with E-state index in [9.17, 15) is 18.8 Å². The summed E-state index contributed by atoms with van der Waals surface area (Å²) in [6, 6.07) is 8.46. The molecule has 1 aliphatic rings. The van der Waals surface area contributed by atoms with E-state index in [1.807, 2.05) is 0 Å². The van der Waals surface area contributed by atoms with Gasteiger partial charge in [-0.25, -0.2) is 4.39 Å². The molecule has 1 atom stereocenters. The monoisotopic (exact) mass is 415 g/mol. The zero-order valence-corrected chi connectivity index (χ0v) is 16.4. The predicted molar refractivity (Wildman–Crippen MR) is 106 cm³/mol. The highest BCUT2D eigenvalue weighted by atomic mass is 19.1. The number of nitrogens with zero attached hydrogens (tertiary/aromatic N) is 1. The highest BCUT2D eigenvalue weighted by Gasteiger charge is 2.36. The van der Waals surface area contributed by atoms with E-state index in [1.165, 1.54) is 24.1 Å². The van der Waals surface area contributed by atoms with Gasteiger partial charge in [-0.2, -0.15) is 0 Å². The van der Waals surface area contributed by atoms with Gasteiger partial charge in [0.25, 0.3) is 5.91 Å². The first kappa shape index (κ1) is 21.1. The van der Waals surface area contributed by atoms with Crippen LogP contribution in [0.3, 0.4) is 0 Å². The number of hydrogen-bond acceptors (Lipinski definition) is 5. The molecule has 2 aromatic rings. The number of rotatable bonds is 9. The Morgan fingerprint density at radius 1 is 1.33 bits per heavy atom. The van der Waals surface area contributed by atoms with Crippen LogP contribution < -0.4 is 15.8 Å². The Bertz CT molecular complexity index is 995. The smallest absolute Gasteiger partial charge is 0.303 e. The van der Waals surface area contributed by atoms with Gasteiger partial charge in [0.05, 0.1) is 7.11 Å². The number of methoxy groups -OCH3 is 1. The Labute approximate surface area is 172 Å². The Kier molecular flexibility index (Phi) is 6.20. The van der Waals surface area contributed by atoms with Crippen LogP contribution in [-0.2, 0) is 22.7 Å². The molecule has 1 unspecified atom stereocenters. The summed E-state index contributed by atoms with van der Waals surface area (Å²) in [7, 11) is 1.49. The molecule has 158 valence electrons. The maximum atomic E-state index is 14.1. The van der Waals surface area contributed by atoms with Gasteiger partial charge in [-0.05, 0) is 36.8 Å². The molecule has 3 rings (SSSR count). The van der Waals surface area contributed by atoms with Crippen molar-refractivity contribution in [3.05, 3.63) is 58.9 Å². The molecular weight excluding hydrogens is 393 g/mol. The van der Waals surface area contributed by atoms with Gasteiger partial charge in [0.1, 0.15) is 17.6 Å². The number of anilines is 1. The first-order chi connectivity index (χ1) is 14.3. The topological polar surface area (TPSA) is 122 Å². The molecule has 1 heterocycles. The number of halogens is 1. The predicted octanol–water partition coefficient (Wildman–Crippen LogP) is 2.12. The fourth-order valence-electron chi connectivity index (χ4n) is 3.49. The minimum Gasteiger partial charge on any atom is -0.497 e. The second-order valence-electron chi connectivity index (χ2n) is 6.93. The fourth-order valence-corrected chi connectivity index (χ4v) is 3.49. The van der Waals surface area contributed by atoms with Gasteiger partial charge in [0.15, 0.2) is 0 Å². The summed E-state index contributed by atoms with van der Waals surface area (Å²) in [6.45, 7) is 0.261. The van der Waals surface area contributed by atoms with Crippen molar-refractivity contribution in [3.63, 3.8) is 0 Å². The zero-order chi connectivity index (χ0) is 21.8. The molecule has 0 fully saturated rings. The zero-order valence-electron chi connectivity index (χ0n) is 16.4. The molecule has 4 N–H and O–H groups in total. The van der Waals surface area contributed by atoms with Crippen molar-refractivity contribution in [2.75, 3.05) is 12.4 Å². The summed E-state index contributed by atoms with van der Waals surface area (Å²) in [4.78, 5) is 36.8. The van der Waals surface area contributed by atoms with E-state index in [0.29, 0.717) is 28.1 Å². The highest BCUT2D eigenvalue weighted by Crippen LogP contribution is 2.32. The average Bonchev–Trinajstić information content (AvgIpc) is 3.04. The molecule has 0 radical (unpaired) electrons. The van der Waals surface area contributed by atoms with E-state index in [0.717, 1.165) is 0 Å². The number of carbonyl (C=O) groups excluding carboxylic acids is 2. The summed E-state index contributed by atoms with van der Waals surface area (Å²) in [6.07, 6.45) is -0.351. The van der Waals surface area contributed by atoms with Gasteiger partial charge in [0.2, 0.25) is 5.91 Å². The number of carboxylic acids is 1. The summed E-state index contributed by atoms with van der Waals surface area (Å²) >= 11 is 0. The number of carbonyl (C=O) groups is 3. The number of aliphatic carboxylic acids is 1. The van der Waals surface area contributed by atoms with Crippen LogP contribution in [0.1, 0.15) is 34.3 Å². The van der Waals surface area contributed by atoms with E-state index in [-0.39, 0.29) is 25.9 Å². The molecule has 0 spiro atoms. The summed E-state index contributed by atoms with van der Waals surface area (Å²) in [5.41, 5.74) is 7.47. The lowest BCUT2D eigenvalue weighted by Crippen LogP contribution is -2.45. The van der Waals surface area contributed by atoms with Crippen LogP contribution in [-0.4, -0.2) is 40.9 Å². The molecule has 30 heavy (non-hydrogen) atoms. The van der Waals surface area contributed by atoms with E-state index < -0.39 is 29.6 Å². The van der Waals surface area contributed by atoms with Crippen molar-refractivity contribution in [3.8, 4) is 5.75 Å². The van der Waals surface area contributed by atoms with E-state index in [2.05, 4.69) is 5.32 Å². The van der Waals surface area contributed by atoms with Gasteiger partial charge < -0.3 is 25.8 Å². The van der Waals surface area contributed by atoms with E-state index in [1.54, 1.807) is 24.3 Å². The fraction of sp³-hybridized carbons (Fsp3) is 0.286. The number of amides is 2. The normalized spacial score (nSPS) is 13.7. The Balaban J connectivity index is 1.81. The molecule has 0 aliphatic carbocycles. The largest absolute Gasteiger partial charge is 0.497 e. The maximum absolute atomic E-state index is 14.1. The number of nitrogens with one attached hydrogen (secondary N) is 1. The molecule has 2 amide bonds. The van der Waals surface area contributed by atoms with Crippen LogP contribution in [0.25, 0.3) is 0 Å². The molecule has 0 saturated carbocycles. The molecule has 2 aromatic carbocycles. The molecule has 0 bridgehead atoms. The minimum absolute atomic E-state index is 0.0673. The van der Waals surface area contributed by atoms with Crippen LogP contribution in [0, 0.1) is 5.82 Å². The average molecular weight is 415 g/mol. The van der Waals surface area contributed by atoms with Gasteiger partial charge in [-0.1, -0.05) is 6.07 Å². The van der Waals surface area contributed by atoms with Crippen LogP contribution in [0.2, 0.25) is 0 Å². The van der Waals surface area contributed by atoms with Crippen molar-refractivity contribution in [2.24, 2.45) is 5.73 Å². The SMILES string of the molecule is COc1ccc(F)c(CNc2cccc3c2CN(C(CCC(=O)O)C(N)=O)C3=O)c1. The van der Waals surface area contributed by atoms with Gasteiger partial charge in [0, 0.05) is 41.9 Å². The number of ether oxygens (including phenoxy) is 1. The van der Waals surface area contributed by atoms with E-state index >= 15 is 0 Å². The van der Waals surface area contributed by atoms with Crippen molar-refractivity contribution in [1.82, 2.24) is 4.90 Å². The van der Waals surface area contributed by atoms with Crippen molar-refractivity contribution in [1.29, 1.82) is 0 Å². The number of fused-ring (bicyclic) bond motifs is 1. The van der Waals surface area contributed by atoms with E-state index in [4.69, 9.17) is 15.6 Å². The lowest BCUT2D eigenvalue weighted by Gasteiger charge is -2.24. The van der Waals surface area contributed by atoms with Crippen LogP contribution >= 0.6 is 0 Å². The lowest BCUT2D eigenvalue weighted by molar-refractivity contribution is -0.137. The number of nitrogens with two attached hydrogens (primary N) is 1. The molecule has 9 heteroatoms. The Morgan fingerprint density at radius 2 is 2.10 bits per heavy atom. The number of carboxylic acid groups (broad SMARTS) is 1. The van der Waals surface area contributed by atoms with Crippen LogP contribution in [0.5, 0.6) is 5.75 Å². The highest BCUT2D eigenvalue weighted by molar-refractivity contribution is 6.02. The number of benzene rings is 2. The van der Waals surface area contributed by atoms with Gasteiger partial charge >= 0.3 is 5.97 Å². The molecule has 0 aromatic heterocycles. The third kappa shape index (κ3) is 4.35. The summed E-state index contributed by atoms with van der Waals surface area (Å²) in [5.74, 6) is -2.10. The third-order valence-corrected chi connectivity index (χ3v) is 5.05. The molecule has 0 saturated heterocycles. The minimum atomic E-state index is -1.08. The van der Waals surface area contributed by atoms with Crippen LogP contribution in [0.15, 0.2) is 36.4 Å². The van der Waals surface area contributed by atoms with Crippen molar-refractivity contribution in [2.45, 2.75) is 32.0 Å². The first-order valence-electron chi connectivity index (χ1n) is 9.32. The van der Waals surface area contributed by atoms with Crippen molar-refractivity contribution < 1.29 is 28.6 Å². The summed E-state index contributed by atoms with van der Waals surface area (Å²) in [5, 5.41) is 12.0. The second-order valence-corrected chi connectivity index (χ2v) is 6.93. The number of primary amides is 1. The lowest BCUT2D eigenvalue weighted by atomic mass is 10.1. The van der Waals surface area contributed by atoms with Gasteiger partial charge in [-0.3, -0.25) is 14.4 Å². The standard InChI is InChI=1S/C21H22FN3O5/c1-30-13-5-6-16(22)12(9-13)10-24-17-4-2-3-14-15(17)11-25(21(14)29)18(20(23)28)7-8-19(26)27/h2-6,9,18,24H,7-8,10-11H2,1H3,(H2,23,28)(H,26,27). The molecular formula is C21H22FN3O5. The van der Waals surface area contributed by atoms with Crippen molar-refractivity contribution >= 4 is 23.5 Å². The van der Waals surface area contributed by atoms with Gasteiger partial charge in [-0.15, -0.1) is 0 Å². The summed E-state index contributed by atoms with van der Waals surface area (Å²) < 4.78 is 19.2. The number of hydrogen-bond donors (Lipinski definition) is 3. The molecule has 8 nitrogen and oxygen atoms in total. The third-order valence-electron chi connectivity index (χ3n) is 5.05. The second kappa shape index (κ2) is 8.81. The van der Waals surface area contributed by atoms with Crippen LogP contribution in [0.4, 0.5) is 10.1 Å². The maximum Gasteiger partial charge on any atom is 0.303 e. The Hall–Kier alpha value is -3.62. The Morgan fingerprint density at radius 3 is 2.77 bits per heavy atom.